The average molecular weight is 224 g/mol. The monoisotopic (exact) mass is 224 g/mol. The van der Waals surface area contributed by atoms with Gasteiger partial charge in [0, 0.05) is 11.3 Å². The van der Waals surface area contributed by atoms with E-state index in [0.717, 1.165) is 24.0 Å². The van der Waals surface area contributed by atoms with Gasteiger partial charge in [0.05, 0.1) is 7.11 Å². The second kappa shape index (κ2) is 5.81. The quantitative estimate of drug-likeness (QED) is 0.568. The molecule has 0 aliphatic heterocycles. The Hall–Kier alpha value is -0.960. The zero-order valence-electron chi connectivity index (χ0n) is 9.37. The predicted molar refractivity (Wildman–Crippen MR) is 63.9 cm³/mol. The number of aldehydes is 1. The first kappa shape index (κ1) is 12.1. The first-order valence-electron chi connectivity index (χ1n) is 4.88. The lowest BCUT2D eigenvalue weighted by atomic mass is 10.1. The Morgan fingerprint density at radius 1 is 1.47 bits per heavy atom. The fourth-order valence-electron chi connectivity index (χ4n) is 1.52. The zero-order valence-corrected chi connectivity index (χ0v) is 10.2. The first-order chi connectivity index (χ1) is 7.22. The highest BCUT2D eigenvalue weighted by atomic mass is 32.2. The Kier molecular flexibility index (Phi) is 4.69. The van der Waals surface area contributed by atoms with E-state index in [4.69, 9.17) is 4.74 Å². The van der Waals surface area contributed by atoms with Crippen LogP contribution in [-0.2, 0) is 11.2 Å². The lowest BCUT2D eigenvalue weighted by Crippen LogP contribution is -1.95. The van der Waals surface area contributed by atoms with E-state index >= 15 is 0 Å². The Bertz CT molecular complexity index is 348. The second-order valence-corrected chi connectivity index (χ2v) is 4.19. The van der Waals surface area contributed by atoms with E-state index in [-0.39, 0.29) is 0 Å². The first-order valence-corrected chi connectivity index (χ1v) is 6.10. The number of methoxy groups -OCH3 is 1. The molecule has 0 radical (unpaired) electrons. The van der Waals surface area contributed by atoms with Crippen LogP contribution in [0.2, 0.25) is 0 Å². The van der Waals surface area contributed by atoms with E-state index in [2.05, 4.69) is 19.2 Å². The van der Waals surface area contributed by atoms with Gasteiger partial charge in [0.25, 0.3) is 0 Å². The number of carbonyl (C=O) groups is 1. The van der Waals surface area contributed by atoms with E-state index in [1.807, 2.05) is 6.07 Å². The molecule has 0 atom stereocenters. The van der Waals surface area contributed by atoms with Gasteiger partial charge in [-0.2, -0.15) is 0 Å². The molecule has 0 aromatic heterocycles. The van der Waals surface area contributed by atoms with Crippen molar-refractivity contribution in [2.75, 3.05) is 13.4 Å². The maximum Gasteiger partial charge on any atom is 0.122 e. The highest BCUT2D eigenvalue weighted by Crippen LogP contribution is 2.29. The number of benzene rings is 1. The molecule has 0 spiro atoms. The summed E-state index contributed by atoms with van der Waals surface area (Å²) in [6.45, 7) is 2.07. The van der Waals surface area contributed by atoms with Crippen LogP contribution >= 0.6 is 11.8 Å². The van der Waals surface area contributed by atoms with Crippen molar-refractivity contribution in [3.8, 4) is 5.75 Å². The molecular formula is C12H16O2S. The molecule has 0 aliphatic rings. The minimum absolute atomic E-state index is 0.549. The number of ether oxygens (including phenoxy) is 1. The van der Waals surface area contributed by atoms with Gasteiger partial charge < -0.3 is 9.53 Å². The highest BCUT2D eigenvalue weighted by Gasteiger charge is 2.07. The minimum Gasteiger partial charge on any atom is -0.496 e. The SMILES string of the molecule is COc1cc(C)c(SC)cc1CCC=O. The van der Waals surface area contributed by atoms with Crippen LogP contribution in [0.3, 0.4) is 0 Å². The van der Waals surface area contributed by atoms with E-state index in [0.29, 0.717) is 6.42 Å². The van der Waals surface area contributed by atoms with Crippen molar-refractivity contribution < 1.29 is 9.53 Å². The summed E-state index contributed by atoms with van der Waals surface area (Å²) in [6.07, 6.45) is 4.30. The average Bonchev–Trinajstić information content (AvgIpc) is 2.26. The van der Waals surface area contributed by atoms with Crippen molar-refractivity contribution in [2.45, 2.75) is 24.7 Å². The summed E-state index contributed by atoms with van der Waals surface area (Å²) >= 11 is 1.72. The molecule has 0 saturated heterocycles. The van der Waals surface area contributed by atoms with Crippen LogP contribution < -0.4 is 4.74 Å². The van der Waals surface area contributed by atoms with Crippen LogP contribution in [0.1, 0.15) is 17.5 Å². The van der Waals surface area contributed by atoms with Crippen LogP contribution in [0, 0.1) is 6.92 Å². The number of hydrogen-bond acceptors (Lipinski definition) is 3. The summed E-state index contributed by atoms with van der Waals surface area (Å²) in [5, 5.41) is 0. The van der Waals surface area contributed by atoms with E-state index in [1.54, 1.807) is 18.9 Å². The molecule has 2 nitrogen and oxygen atoms in total. The van der Waals surface area contributed by atoms with Crippen LogP contribution in [-0.4, -0.2) is 19.7 Å². The maximum absolute atomic E-state index is 10.4. The Morgan fingerprint density at radius 2 is 2.20 bits per heavy atom. The van der Waals surface area contributed by atoms with Crippen LogP contribution in [0.5, 0.6) is 5.75 Å². The molecule has 0 heterocycles. The zero-order chi connectivity index (χ0) is 11.3. The van der Waals surface area contributed by atoms with Gasteiger partial charge in [-0.15, -0.1) is 11.8 Å². The molecule has 82 valence electrons. The van der Waals surface area contributed by atoms with Gasteiger partial charge in [0.15, 0.2) is 0 Å². The number of thioether (sulfide) groups is 1. The predicted octanol–water partition coefficient (Wildman–Crippen LogP) is 2.86. The maximum atomic E-state index is 10.4. The molecule has 0 bridgehead atoms. The van der Waals surface area contributed by atoms with Gasteiger partial charge in [-0.25, -0.2) is 0 Å². The van der Waals surface area contributed by atoms with Gasteiger partial charge in [0.2, 0.25) is 0 Å². The van der Waals surface area contributed by atoms with Gasteiger partial charge in [0.1, 0.15) is 12.0 Å². The third-order valence-electron chi connectivity index (χ3n) is 2.33. The summed E-state index contributed by atoms with van der Waals surface area (Å²) in [5.41, 5.74) is 2.33. The molecular weight excluding hydrogens is 208 g/mol. The van der Waals surface area contributed by atoms with E-state index in [9.17, 15) is 4.79 Å². The number of aryl methyl sites for hydroxylation is 2. The lowest BCUT2D eigenvalue weighted by molar-refractivity contribution is -0.107. The number of hydrogen-bond donors (Lipinski definition) is 0. The molecule has 0 N–H and O–H groups in total. The van der Waals surface area contributed by atoms with Crippen molar-refractivity contribution in [3.63, 3.8) is 0 Å². The molecule has 0 amide bonds. The molecule has 3 heteroatoms. The topological polar surface area (TPSA) is 26.3 Å². The molecule has 0 unspecified atom stereocenters. The normalized spacial score (nSPS) is 10.1. The molecule has 1 rings (SSSR count). The fraction of sp³-hybridized carbons (Fsp3) is 0.417. The van der Waals surface area contributed by atoms with Gasteiger partial charge >= 0.3 is 0 Å². The van der Waals surface area contributed by atoms with Crippen molar-refractivity contribution in [1.29, 1.82) is 0 Å². The summed E-state index contributed by atoms with van der Waals surface area (Å²) in [6, 6.07) is 4.15. The second-order valence-electron chi connectivity index (χ2n) is 3.34. The van der Waals surface area contributed by atoms with Crippen LogP contribution in [0.15, 0.2) is 17.0 Å². The summed E-state index contributed by atoms with van der Waals surface area (Å²) < 4.78 is 5.30. The van der Waals surface area contributed by atoms with Crippen LogP contribution in [0.4, 0.5) is 0 Å². The third kappa shape index (κ3) is 2.99. The fourth-order valence-corrected chi connectivity index (χ4v) is 2.16. The highest BCUT2D eigenvalue weighted by molar-refractivity contribution is 7.98. The smallest absolute Gasteiger partial charge is 0.122 e. The molecule has 0 aliphatic carbocycles. The molecule has 15 heavy (non-hydrogen) atoms. The Morgan fingerprint density at radius 3 is 2.73 bits per heavy atom. The summed E-state index contributed by atoms with van der Waals surface area (Å²) in [4.78, 5) is 11.6. The number of rotatable bonds is 5. The summed E-state index contributed by atoms with van der Waals surface area (Å²) in [7, 11) is 1.66. The number of carbonyl (C=O) groups excluding carboxylic acids is 1. The minimum atomic E-state index is 0.549. The van der Waals surface area contributed by atoms with Gasteiger partial charge in [-0.3, -0.25) is 0 Å². The van der Waals surface area contributed by atoms with Gasteiger partial charge in [-0.05, 0) is 42.9 Å². The van der Waals surface area contributed by atoms with Gasteiger partial charge in [-0.1, -0.05) is 0 Å². The van der Waals surface area contributed by atoms with Crippen LogP contribution in [0.25, 0.3) is 0 Å². The molecule has 0 fully saturated rings. The largest absolute Gasteiger partial charge is 0.496 e. The molecule has 1 aromatic rings. The Labute approximate surface area is 95.0 Å². The molecule has 0 saturated carbocycles. The Balaban J connectivity index is 3.04. The van der Waals surface area contributed by atoms with Crippen molar-refractivity contribution >= 4 is 18.0 Å². The van der Waals surface area contributed by atoms with Crippen molar-refractivity contribution in [2.24, 2.45) is 0 Å². The third-order valence-corrected chi connectivity index (χ3v) is 3.21. The van der Waals surface area contributed by atoms with Crippen molar-refractivity contribution in [3.05, 3.63) is 23.3 Å². The molecule has 1 aromatic carbocycles. The van der Waals surface area contributed by atoms with Crippen molar-refractivity contribution in [1.82, 2.24) is 0 Å². The standard InChI is InChI=1S/C12H16O2S/c1-9-7-11(14-2)10(5-4-6-13)8-12(9)15-3/h6-8H,4-5H2,1-3H3. The lowest BCUT2D eigenvalue weighted by Gasteiger charge is -2.11. The van der Waals surface area contributed by atoms with E-state index in [1.165, 1.54) is 10.5 Å². The van der Waals surface area contributed by atoms with E-state index < -0.39 is 0 Å². The summed E-state index contributed by atoms with van der Waals surface area (Å²) in [5.74, 6) is 0.882.